The number of carbonyl (C=O) groups excluding carboxylic acids is 2. The number of anilines is 2. The van der Waals surface area contributed by atoms with Gasteiger partial charge in [-0.3, -0.25) is 14.3 Å². The first kappa shape index (κ1) is 30.0. The minimum Gasteiger partial charge on any atom is -0.469 e. The summed E-state index contributed by atoms with van der Waals surface area (Å²) in [5.41, 5.74) is -3.83. The molecular weight excluding hydrogens is 561 g/mol. The number of nitrogens with one attached hydrogen (secondary N) is 2. The Labute approximate surface area is 228 Å². The molecule has 0 unspecified atom stereocenters. The zero-order chi connectivity index (χ0) is 28.8. The van der Waals surface area contributed by atoms with Crippen LogP contribution in [0.2, 0.25) is 5.15 Å². The molecule has 0 spiro atoms. The first-order chi connectivity index (χ1) is 18.3. The molecule has 2 N–H and O–H groups in total. The smallest absolute Gasteiger partial charge is 0.469 e. The van der Waals surface area contributed by atoms with Gasteiger partial charge in [0, 0.05) is 29.9 Å². The minimum absolute atomic E-state index is 0.0287. The van der Waals surface area contributed by atoms with Crippen LogP contribution in [0.3, 0.4) is 0 Å². The third-order valence-corrected chi connectivity index (χ3v) is 7.07. The summed E-state index contributed by atoms with van der Waals surface area (Å²) in [5.74, 6) is -0.236. The molecule has 0 aliphatic heterocycles. The molecular formula is C25H26ClF3N4O5S. The fourth-order valence-electron chi connectivity index (χ4n) is 3.58. The number of alkyl halides is 3. The van der Waals surface area contributed by atoms with Gasteiger partial charge >= 0.3 is 21.5 Å². The van der Waals surface area contributed by atoms with Crippen LogP contribution in [0.4, 0.5) is 24.5 Å². The molecule has 0 aliphatic carbocycles. The largest absolute Gasteiger partial charge is 0.516 e. The van der Waals surface area contributed by atoms with Crippen molar-refractivity contribution in [2.45, 2.75) is 44.7 Å². The van der Waals surface area contributed by atoms with E-state index in [0.29, 0.717) is 24.3 Å². The molecule has 210 valence electrons. The number of rotatable bonds is 11. The zero-order valence-electron chi connectivity index (χ0n) is 21.0. The van der Waals surface area contributed by atoms with Crippen molar-refractivity contribution < 1.29 is 35.9 Å². The number of halogens is 4. The number of imidazole rings is 1. The van der Waals surface area contributed by atoms with Crippen LogP contribution >= 0.6 is 11.6 Å². The molecule has 0 saturated heterocycles. The Morgan fingerprint density at radius 1 is 1.05 bits per heavy atom. The highest BCUT2D eigenvalue weighted by Gasteiger charge is 2.46. The van der Waals surface area contributed by atoms with Crippen LogP contribution in [0, 0.1) is 0 Å². The van der Waals surface area contributed by atoms with Crippen LogP contribution in [0.15, 0.2) is 48.5 Å². The Kier molecular flexibility index (Phi) is 9.62. The number of amides is 1. The second-order valence-corrected chi connectivity index (χ2v) is 10.5. The predicted octanol–water partition coefficient (Wildman–Crippen LogP) is 5.16. The van der Waals surface area contributed by atoms with E-state index in [1.165, 1.54) is 24.0 Å². The minimum atomic E-state index is -5.56. The highest BCUT2D eigenvalue weighted by molar-refractivity contribution is 7.93. The maximum Gasteiger partial charge on any atom is 0.516 e. The number of ether oxygens (including phenoxy) is 1. The number of methoxy groups -OCH3 is 1. The number of unbranched alkanes of at least 4 members (excludes halogenated alkanes) is 1. The number of benzene rings is 2. The molecule has 2 aromatic carbocycles. The molecule has 1 aromatic heterocycles. The van der Waals surface area contributed by atoms with Crippen molar-refractivity contribution in [3.63, 3.8) is 0 Å². The number of nitrogens with zero attached hydrogens (tertiary/aromatic N) is 2. The lowest BCUT2D eigenvalue weighted by Gasteiger charge is -2.13. The number of hydrogen-bond acceptors (Lipinski definition) is 6. The Morgan fingerprint density at radius 2 is 1.67 bits per heavy atom. The third kappa shape index (κ3) is 7.73. The van der Waals surface area contributed by atoms with Gasteiger partial charge in [0.1, 0.15) is 5.82 Å². The van der Waals surface area contributed by atoms with Gasteiger partial charge in [0.2, 0.25) is 0 Å². The SMILES string of the molecule is CCCCc1nc(Cl)c(CC(=O)OC)n1Cc1ccc(NC(=O)c2ccc(NS(=O)(=O)C(F)(F)F)cc2)cc1. The van der Waals surface area contributed by atoms with E-state index in [0.717, 1.165) is 36.4 Å². The van der Waals surface area contributed by atoms with Crippen molar-refractivity contribution >= 4 is 44.9 Å². The average molecular weight is 587 g/mol. The van der Waals surface area contributed by atoms with Gasteiger partial charge in [0.25, 0.3) is 5.91 Å². The van der Waals surface area contributed by atoms with Crippen molar-refractivity contribution in [3.05, 3.63) is 76.3 Å². The van der Waals surface area contributed by atoms with E-state index in [-0.39, 0.29) is 22.8 Å². The quantitative estimate of drug-likeness (QED) is 0.300. The van der Waals surface area contributed by atoms with Crippen molar-refractivity contribution in [2.75, 3.05) is 17.1 Å². The van der Waals surface area contributed by atoms with E-state index in [1.54, 1.807) is 24.3 Å². The van der Waals surface area contributed by atoms with Crippen molar-refractivity contribution in [2.24, 2.45) is 0 Å². The summed E-state index contributed by atoms with van der Waals surface area (Å²) >= 11 is 6.33. The number of sulfonamides is 1. The molecule has 0 aliphatic rings. The van der Waals surface area contributed by atoms with E-state index >= 15 is 0 Å². The molecule has 9 nitrogen and oxygen atoms in total. The second-order valence-electron chi connectivity index (χ2n) is 8.49. The monoisotopic (exact) mass is 586 g/mol. The lowest BCUT2D eigenvalue weighted by atomic mass is 10.1. The van der Waals surface area contributed by atoms with E-state index < -0.39 is 27.4 Å². The highest BCUT2D eigenvalue weighted by atomic mass is 35.5. The van der Waals surface area contributed by atoms with Crippen molar-refractivity contribution in [3.8, 4) is 0 Å². The van der Waals surface area contributed by atoms with Crippen LogP contribution in [-0.2, 0) is 38.9 Å². The Hall–Kier alpha value is -3.58. The summed E-state index contributed by atoms with van der Waals surface area (Å²) in [5, 5.41) is 2.91. The third-order valence-electron chi connectivity index (χ3n) is 5.65. The van der Waals surface area contributed by atoms with Crippen molar-refractivity contribution in [1.82, 2.24) is 9.55 Å². The highest BCUT2D eigenvalue weighted by Crippen LogP contribution is 2.26. The van der Waals surface area contributed by atoms with E-state index in [4.69, 9.17) is 16.3 Å². The van der Waals surface area contributed by atoms with Gasteiger partial charge in [0.05, 0.1) is 19.2 Å². The van der Waals surface area contributed by atoms with Gasteiger partial charge in [-0.25, -0.2) is 4.98 Å². The molecule has 14 heteroatoms. The summed E-state index contributed by atoms with van der Waals surface area (Å²) in [6.07, 6.45) is 2.50. The molecule has 39 heavy (non-hydrogen) atoms. The Balaban J connectivity index is 1.71. The van der Waals surface area contributed by atoms with E-state index in [9.17, 15) is 31.2 Å². The molecule has 0 saturated carbocycles. The predicted molar refractivity (Wildman–Crippen MR) is 140 cm³/mol. The molecule has 0 radical (unpaired) electrons. The maximum absolute atomic E-state index is 12.6. The number of aromatic nitrogens is 2. The summed E-state index contributed by atoms with van der Waals surface area (Å²) < 4.78 is 68.1. The molecule has 0 fully saturated rings. The van der Waals surface area contributed by atoms with E-state index in [1.807, 2.05) is 4.57 Å². The average Bonchev–Trinajstić information content (AvgIpc) is 3.16. The first-order valence-electron chi connectivity index (χ1n) is 11.7. The van der Waals surface area contributed by atoms with Gasteiger partial charge in [-0.1, -0.05) is 37.1 Å². The lowest BCUT2D eigenvalue weighted by molar-refractivity contribution is -0.139. The van der Waals surface area contributed by atoms with Crippen LogP contribution in [0.5, 0.6) is 0 Å². The fourth-order valence-corrected chi connectivity index (χ4v) is 4.41. The summed E-state index contributed by atoms with van der Waals surface area (Å²) in [6.45, 7) is 2.44. The summed E-state index contributed by atoms with van der Waals surface area (Å²) in [7, 11) is -4.26. The Bertz CT molecular complexity index is 1420. The standard InChI is InChI=1S/C25H26ClF3N4O5S/c1-3-4-5-21-31-23(26)20(14-22(34)38-2)33(21)15-16-6-10-18(11-7-16)30-24(35)17-8-12-19(13-9-17)32-39(36,37)25(27,28)29/h6-13,32H,3-5,14-15H2,1-2H3,(H,30,35). The molecule has 0 atom stereocenters. The van der Waals surface area contributed by atoms with Gasteiger partial charge in [-0.2, -0.15) is 21.6 Å². The summed E-state index contributed by atoms with van der Waals surface area (Å²) in [6, 6.07) is 11.4. The number of carbonyl (C=O) groups is 2. The van der Waals surface area contributed by atoms with Gasteiger partial charge in [0.15, 0.2) is 5.15 Å². The van der Waals surface area contributed by atoms with Gasteiger partial charge < -0.3 is 14.6 Å². The molecule has 1 heterocycles. The summed E-state index contributed by atoms with van der Waals surface area (Å²) in [4.78, 5) is 28.9. The van der Waals surface area contributed by atoms with Crippen LogP contribution in [-0.4, -0.2) is 42.5 Å². The molecule has 3 rings (SSSR count). The van der Waals surface area contributed by atoms with Gasteiger partial charge in [-0.05, 0) is 48.4 Å². The van der Waals surface area contributed by atoms with E-state index in [2.05, 4.69) is 17.2 Å². The topological polar surface area (TPSA) is 119 Å². The fraction of sp³-hybridized carbons (Fsp3) is 0.320. The normalized spacial score (nSPS) is 11.7. The molecule has 0 bridgehead atoms. The van der Waals surface area contributed by atoms with Gasteiger partial charge in [-0.15, -0.1) is 0 Å². The number of hydrogen-bond donors (Lipinski definition) is 2. The van der Waals surface area contributed by atoms with Crippen molar-refractivity contribution in [1.29, 1.82) is 0 Å². The van der Waals surface area contributed by atoms with Crippen LogP contribution in [0.1, 0.15) is 47.2 Å². The molecule has 1 amide bonds. The molecule has 3 aromatic rings. The zero-order valence-corrected chi connectivity index (χ0v) is 22.6. The number of aryl methyl sites for hydroxylation is 1. The lowest BCUT2D eigenvalue weighted by Crippen LogP contribution is -2.29. The first-order valence-corrected chi connectivity index (χ1v) is 13.6. The van der Waals surface area contributed by atoms with Crippen LogP contribution < -0.4 is 10.0 Å². The number of esters is 1. The Morgan fingerprint density at radius 3 is 2.23 bits per heavy atom. The second kappa shape index (κ2) is 12.5. The maximum atomic E-state index is 12.6. The van der Waals surface area contributed by atoms with Crippen LogP contribution in [0.25, 0.3) is 0 Å².